The molecule has 0 fully saturated rings. The molecule has 30 heavy (non-hydrogen) atoms. The Labute approximate surface area is 180 Å². The number of hydrogen-bond acceptors (Lipinski definition) is 5. The molecule has 0 aliphatic heterocycles. The number of thioether (sulfide) groups is 1. The molecular formula is C24H23N3O2S. The molecule has 5 nitrogen and oxygen atoms in total. The van der Waals surface area contributed by atoms with Gasteiger partial charge in [-0.05, 0) is 60.5 Å². The Hall–Kier alpha value is -3.25. The lowest BCUT2D eigenvalue weighted by atomic mass is 10.1. The van der Waals surface area contributed by atoms with Crippen LogP contribution in [0.1, 0.15) is 11.1 Å². The Morgan fingerprint density at radius 2 is 1.60 bits per heavy atom. The van der Waals surface area contributed by atoms with Crippen molar-refractivity contribution in [2.24, 2.45) is 0 Å². The third-order valence-electron chi connectivity index (χ3n) is 4.84. The fourth-order valence-corrected chi connectivity index (χ4v) is 4.12. The standard InChI is InChI=1S/C24H23N3O2S/c1-17-7-4-5-10-22(17)27-23(19-11-13-20(28-2)14-12-19)25-26-24(27)30-16-18-8-6-9-21(15-18)29-3/h4-15H,16H2,1-3H3. The van der Waals surface area contributed by atoms with Crippen molar-refractivity contribution in [3.8, 4) is 28.6 Å². The molecule has 0 unspecified atom stereocenters. The highest BCUT2D eigenvalue weighted by Gasteiger charge is 2.17. The van der Waals surface area contributed by atoms with Gasteiger partial charge in [-0.25, -0.2) is 0 Å². The zero-order valence-corrected chi connectivity index (χ0v) is 18.0. The molecule has 1 aromatic heterocycles. The highest BCUT2D eigenvalue weighted by atomic mass is 32.2. The number of methoxy groups -OCH3 is 2. The van der Waals surface area contributed by atoms with Crippen molar-refractivity contribution in [2.75, 3.05) is 14.2 Å². The lowest BCUT2D eigenvalue weighted by Crippen LogP contribution is -2.02. The van der Waals surface area contributed by atoms with E-state index in [1.807, 2.05) is 54.6 Å². The van der Waals surface area contributed by atoms with E-state index < -0.39 is 0 Å². The minimum atomic E-state index is 0.768. The summed E-state index contributed by atoms with van der Waals surface area (Å²) in [6, 6.07) is 24.3. The Bertz CT molecular complexity index is 1140. The van der Waals surface area contributed by atoms with E-state index in [1.54, 1.807) is 26.0 Å². The molecule has 152 valence electrons. The van der Waals surface area contributed by atoms with E-state index in [2.05, 4.69) is 39.9 Å². The maximum atomic E-state index is 5.34. The second-order valence-electron chi connectivity index (χ2n) is 6.80. The molecule has 0 bridgehead atoms. The summed E-state index contributed by atoms with van der Waals surface area (Å²) >= 11 is 1.66. The summed E-state index contributed by atoms with van der Waals surface area (Å²) in [6.07, 6.45) is 0. The molecule has 0 aliphatic rings. The van der Waals surface area contributed by atoms with Crippen LogP contribution in [0, 0.1) is 6.92 Å². The Balaban J connectivity index is 1.73. The quantitative estimate of drug-likeness (QED) is 0.369. The Kier molecular flexibility index (Phi) is 6.05. The van der Waals surface area contributed by atoms with Gasteiger partial charge in [-0.3, -0.25) is 4.57 Å². The van der Waals surface area contributed by atoms with Crippen molar-refractivity contribution >= 4 is 11.8 Å². The van der Waals surface area contributed by atoms with Crippen molar-refractivity contribution in [3.05, 3.63) is 83.9 Å². The van der Waals surface area contributed by atoms with Crippen LogP contribution in [0.5, 0.6) is 11.5 Å². The van der Waals surface area contributed by atoms with Gasteiger partial charge in [0.2, 0.25) is 0 Å². The van der Waals surface area contributed by atoms with Gasteiger partial charge in [0.15, 0.2) is 11.0 Å². The summed E-state index contributed by atoms with van der Waals surface area (Å²) in [6.45, 7) is 2.10. The molecule has 4 aromatic rings. The number of hydrogen-bond donors (Lipinski definition) is 0. The Morgan fingerprint density at radius 1 is 0.833 bits per heavy atom. The van der Waals surface area contributed by atoms with Crippen LogP contribution < -0.4 is 9.47 Å². The van der Waals surface area contributed by atoms with Crippen LogP contribution in [0.2, 0.25) is 0 Å². The largest absolute Gasteiger partial charge is 0.497 e. The molecular weight excluding hydrogens is 394 g/mol. The van der Waals surface area contributed by atoms with Gasteiger partial charge in [0.25, 0.3) is 0 Å². The SMILES string of the molecule is COc1ccc(-c2nnc(SCc3cccc(OC)c3)n2-c2ccccc2C)cc1. The summed E-state index contributed by atoms with van der Waals surface area (Å²) in [5.74, 6) is 3.24. The summed E-state index contributed by atoms with van der Waals surface area (Å²) in [5, 5.41) is 9.90. The van der Waals surface area contributed by atoms with E-state index in [1.165, 1.54) is 5.56 Å². The maximum absolute atomic E-state index is 5.34. The highest BCUT2D eigenvalue weighted by molar-refractivity contribution is 7.98. The van der Waals surface area contributed by atoms with Crippen LogP contribution >= 0.6 is 11.8 Å². The molecule has 6 heteroatoms. The number of ether oxygens (including phenoxy) is 2. The van der Waals surface area contributed by atoms with Gasteiger partial charge in [0, 0.05) is 11.3 Å². The fourth-order valence-electron chi connectivity index (χ4n) is 3.23. The molecule has 0 aliphatic carbocycles. The molecule has 0 N–H and O–H groups in total. The van der Waals surface area contributed by atoms with Crippen LogP contribution in [0.15, 0.2) is 78.0 Å². The molecule has 0 spiro atoms. The normalized spacial score (nSPS) is 10.8. The molecule has 0 atom stereocenters. The van der Waals surface area contributed by atoms with Crippen molar-refractivity contribution in [3.63, 3.8) is 0 Å². The summed E-state index contributed by atoms with van der Waals surface area (Å²) in [4.78, 5) is 0. The number of aryl methyl sites for hydroxylation is 1. The Morgan fingerprint density at radius 3 is 2.33 bits per heavy atom. The third kappa shape index (κ3) is 4.19. The molecule has 0 amide bonds. The van der Waals surface area contributed by atoms with Crippen molar-refractivity contribution in [2.45, 2.75) is 17.8 Å². The lowest BCUT2D eigenvalue weighted by molar-refractivity contribution is 0.414. The minimum Gasteiger partial charge on any atom is -0.497 e. The van der Waals surface area contributed by atoms with E-state index in [0.717, 1.165) is 45.0 Å². The van der Waals surface area contributed by atoms with Gasteiger partial charge in [-0.15, -0.1) is 10.2 Å². The number of benzene rings is 3. The van der Waals surface area contributed by atoms with Crippen molar-refractivity contribution in [1.82, 2.24) is 14.8 Å². The molecule has 4 rings (SSSR count). The molecule has 1 heterocycles. The lowest BCUT2D eigenvalue weighted by Gasteiger charge is -2.13. The van der Waals surface area contributed by atoms with E-state index in [4.69, 9.17) is 9.47 Å². The highest BCUT2D eigenvalue weighted by Crippen LogP contribution is 2.32. The van der Waals surface area contributed by atoms with Gasteiger partial charge in [-0.2, -0.15) is 0 Å². The maximum Gasteiger partial charge on any atom is 0.196 e. The second-order valence-corrected chi connectivity index (χ2v) is 7.74. The van der Waals surface area contributed by atoms with Crippen molar-refractivity contribution in [1.29, 1.82) is 0 Å². The predicted molar refractivity (Wildman–Crippen MR) is 121 cm³/mol. The number of nitrogens with zero attached hydrogens (tertiary/aromatic N) is 3. The molecule has 3 aromatic carbocycles. The van der Waals surface area contributed by atoms with Gasteiger partial charge in [-0.1, -0.05) is 42.1 Å². The third-order valence-corrected chi connectivity index (χ3v) is 5.84. The summed E-state index contributed by atoms with van der Waals surface area (Å²) < 4.78 is 12.8. The van der Waals surface area contributed by atoms with Crippen LogP contribution in [-0.4, -0.2) is 29.0 Å². The van der Waals surface area contributed by atoms with Gasteiger partial charge >= 0.3 is 0 Å². The van der Waals surface area contributed by atoms with Crippen molar-refractivity contribution < 1.29 is 9.47 Å². The monoisotopic (exact) mass is 417 g/mol. The second kappa shape index (κ2) is 9.05. The van der Waals surface area contributed by atoms with E-state index >= 15 is 0 Å². The topological polar surface area (TPSA) is 49.2 Å². The zero-order chi connectivity index (χ0) is 20.9. The zero-order valence-electron chi connectivity index (χ0n) is 17.2. The molecule has 0 saturated carbocycles. The van der Waals surface area contributed by atoms with Crippen LogP contribution in [0.4, 0.5) is 0 Å². The number of para-hydroxylation sites is 1. The number of aromatic nitrogens is 3. The van der Waals surface area contributed by atoms with Gasteiger partial charge in [0.1, 0.15) is 11.5 Å². The minimum absolute atomic E-state index is 0.768. The van der Waals surface area contributed by atoms with Gasteiger partial charge < -0.3 is 9.47 Å². The summed E-state index contributed by atoms with van der Waals surface area (Å²) in [5.41, 5.74) is 4.39. The first-order valence-corrected chi connectivity index (χ1v) is 10.6. The number of rotatable bonds is 7. The first-order chi connectivity index (χ1) is 14.7. The fraction of sp³-hybridized carbons (Fsp3) is 0.167. The summed E-state index contributed by atoms with van der Waals surface area (Å²) in [7, 11) is 3.35. The van der Waals surface area contributed by atoms with E-state index in [9.17, 15) is 0 Å². The van der Waals surface area contributed by atoms with E-state index in [0.29, 0.717) is 0 Å². The molecule has 0 saturated heterocycles. The van der Waals surface area contributed by atoms with Crippen LogP contribution in [-0.2, 0) is 5.75 Å². The average Bonchev–Trinajstić information content (AvgIpc) is 3.22. The molecule has 0 radical (unpaired) electrons. The van der Waals surface area contributed by atoms with Gasteiger partial charge in [0.05, 0.1) is 19.9 Å². The first kappa shape index (κ1) is 20.0. The average molecular weight is 418 g/mol. The predicted octanol–water partition coefficient (Wildman–Crippen LogP) is 5.55. The first-order valence-electron chi connectivity index (χ1n) is 9.61. The van der Waals surface area contributed by atoms with Crippen LogP contribution in [0.25, 0.3) is 17.1 Å². The smallest absolute Gasteiger partial charge is 0.196 e. The van der Waals surface area contributed by atoms with E-state index in [-0.39, 0.29) is 0 Å². The van der Waals surface area contributed by atoms with Crippen LogP contribution in [0.3, 0.4) is 0 Å².